The molecule has 0 unspecified atom stereocenters. The highest BCUT2D eigenvalue weighted by atomic mass is 16.5. The summed E-state index contributed by atoms with van der Waals surface area (Å²) in [6.45, 7) is 2.77. The molecule has 1 aliphatic carbocycles. The fraction of sp³-hybridized carbons (Fsp3) is 0.667. The van der Waals surface area contributed by atoms with Crippen LogP contribution < -0.4 is 0 Å². The Labute approximate surface area is 95.6 Å². The van der Waals surface area contributed by atoms with Crippen LogP contribution in [0.5, 0.6) is 0 Å². The number of carbonyl (C=O) groups excluding carboxylic acids is 1. The van der Waals surface area contributed by atoms with Gasteiger partial charge in [0.2, 0.25) is 5.78 Å². The van der Waals surface area contributed by atoms with Crippen LogP contribution in [0.3, 0.4) is 0 Å². The number of ether oxygens (including phenoxy) is 1. The Morgan fingerprint density at radius 3 is 2.81 bits per heavy atom. The van der Waals surface area contributed by atoms with Crippen LogP contribution in [0.2, 0.25) is 0 Å². The average molecular weight is 222 g/mol. The van der Waals surface area contributed by atoms with E-state index in [1.165, 1.54) is 0 Å². The molecule has 16 heavy (non-hydrogen) atoms. The predicted octanol–water partition coefficient (Wildman–Crippen LogP) is 2.04. The molecule has 0 atom stereocenters. The fourth-order valence-corrected chi connectivity index (χ4v) is 2.45. The predicted molar refractivity (Wildman–Crippen MR) is 60.4 cm³/mol. The molecule has 0 amide bonds. The van der Waals surface area contributed by atoms with Crippen LogP contribution >= 0.6 is 0 Å². The second kappa shape index (κ2) is 4.37. The summed E-state index contributed by atoms with van der Waals surface area (Å²) in [5, 5.41) is 0. The van der Waals surface area contributed by atoms with Crippen molar-refractivity contribution in [3.05, 3.63) is 18.2 Å². The van der Waals surface area contributed by atoms with Crippen LogP contribution in [0.15, 0.2) is 12.4 Å². The third-order valence-electron chi connectivity index (χ3n) is 3.48. The van der Waals surface area contributed by atoms with E-state index in [4.69, 9.17) is 4.74 Å². The van der Waals surface area contributed by atoms with Crippen molar-refractivity contribution >= 4 is 5.78 Å². The van der Waals surface area contributed by atoms with Crippen LogP contribution in [0, 0.1) is 0 Å². The van der Waals surface area contributed by atoms with Gasteiger partial charge in [-0.2, -0.15) is 0 Å². The van der Waals surface area contributed by atoms with Gasteiger partial charge >= 0.3 is 0 Å². The van der Waals surface area contributed by atoms with E-state index in [0.717, 1.165) is 32.2 Å². The van der Waals surface area contributed by atoms with Gasteiger partial charge in [0.1, 0.15) is 5.60 Å². The fourth-order valence-electron chi connectivity index (χ4n) is 2.45. The first-order valence-corrected chi connectivity index (χ1v) is 5.84. The minimum Gasteiger partial charge on any atom is -0.370 e. The molecule has 1 aromatic heterocycles. The number of methoxy groups -OCH3 is 1. The average Bonchev–Trinajstić information content (AvgIpc) is 2.97. The molecular formula is C12H18N2O2. The van der Waals surface area contributed by atoms with E-state index in [-0.39, 0.29) is 5.78 Å². The SMILES string of the molecule is CCn1ccnc1C(=O)C1(OC)CCCC1. The minimum absolute atomic E-state index is 0.0411. The number of aryl methyl sites for hydroxylation is 1. The van der Waals surface area contributed by atoms with Crippen LogP contribution in [0.1, 0.15) is 43.2 Å². The van der Waals surface area contributed by atoms with E-state index in [2.05, 4.69) is 4.98 Å². The molecule has 1 fully saturated rings. The van der Waals surface area contributed by atoms with Crippen LogP contribution in [-0.2, 0) is 11.3 Å². The summed E-state index contributed by atoms with van der Waals surface area (Å²) in [7, 11) is 1.63. The number of hydrogen-bond acceptors (Lipinski definition) is 3. The highest BCUT2D eigenvalue weighted by molar-refractivity contribution is 6.00. The van der Waals surface area contributed by atoms with Crippen LogP contribution in [0.25, 0.3) is 0 Å². The Balaban J connectivity index is 2.30. The van der Waals surface area contributed by atoms with E-state index in [1.807, 2.05) is 17.7 Å². The lowest BCUT2D eigenvalue weighted by Gasteiger charge is -2.25. The summed E-state index contributed by atoms with van der Waals surface area (Å²) in [6.07, 6.45) is 7.28. The van der Waals surface area contributed by atoms with E-state index in [0.29, 0.717) is 5.82 Å². The zero-order chi connectivity index (χ0) is 11.6. The van der Waals surface area contributed by atoms with Crippen molar-refractivity contribution in [2.45, 2.75) is 44.8 Å². The highest BCUT2D eigenvalue weighted by Crippen LogP contribution is 2.35. The Morgan fingerprint density at radius 2 is 2.25 bits per heavy atom. The monoisotopic (exact) mass is 222 g/mol. The Kier molecular flexibility index (Phi) is 3.10. The zero-order valence-electron chi connectivity index (χ0n) is 9.90. The molecule has 0 radical (unpaired) electrons. The van der Waals surface area contributed by atoms with Crippen molar-refractivity contribution in [2.24, 2.45) is 0 Å². The molecule has 88 valence electrons. The van der Waals surface area contributed by atoms with E-state index in [1.54, 1.807) is 13.3 Å². The van der Waals surface area contributed by atoms with Gasteiger partial charge in [0, 0.05) is 26.0 Å². The third kappa shape index (κ3) is 1.67. The second-order valence-corrected chi connectivity index (χ2v) is 4.27. The molecule has 0 spiro atoms. The molecule has 1 aliphatic rings. The minimum atomic E-state index is -0.613. The molecule has 0 saturated heterocycles. The summed E-state index contributed by atoms with van der Waals surface area (Å²) in [5.74, 6) is 0.575. The maximum absolute atomic E-state index is 12.4. The number of imidazole rings is 1. The first-order valence-electron chi connectivity index (χ1n) is 5.84. The van der Waals surface area contributed by atoms with Gasteiger partial charge in [-0.15, -0.1) is 0 Å². The molecule has 0 aromatic carbocycles. The molecular weight excluding hydrogens is 204 g/mol. The van der Waals surface area contributed by atoms with Gasteiger partial charge in [-0.3, -0.25) is 4.79 Å². The summed E-state index contributed by atoms with van der Waals surface area (Å²) in [4.78, 5) is 16.6. The Hall–Kier alpha value is -1.16. The molecule has 0 N–H and O–H groups in total. The molecule has 4 heteroatoms. The summed E-state index contributed by atoms with van der Waals surface area (Å²) in [6, 6.07) is 0. The summed E-state index contributed by atoms with van der Waals surface area (Å²) >= 11 is 0. The molecule has 1 aromatic rings. The Morgan fingerprint density at radius 1 is 1.56 bits per heavy atom. The number of Topliss-reactive ketones (excluding diaryl/α,β-unsaturated/α-hetero) is 1. The third-order valence-corrected chi connectivity index (χ3v) is 3.48. The zero-order valence-corrected chi connectivity index (χ0v) is 9.90. The lowest BCUT2D eigenvalue weighted by atomic mass is 9.95. The van der Waals surface area contributed by atoms with Gasteiger partial charge in [-0.1, -0.05) is 0 Å². The number of hydrogen-bond donors (Lipinski definition) is 0. The number of nitrogens with zero attached hydrogens (tertiary/aromatic N) is 2. The lowest BCUT2D eigenvalue weighted by Crippen LogP contribution is -2.39. The van der Waals surface area contributed by atoms with Crippen molar-refractivity contribution in [1.29, 1.82) is 0 Å². The molecule has 1 saturated carbocycles. The number of aromatic nitrogens is 2. The van der Waals surface area contributed by atoms with Gasteiger partial charge in [-0.25, -0.2) is 4.98 Å². The molecule has 0 aliphatic heterocycles. The maximum Gasteiger partial charge on any atom is 0.229 e. The summed E-state index contributed by atoms with van der Waals surface area (Å²) in [5.41, 5.74) is -0.613. The van der Waals surface area contributed by atoms with Crippen molar-refractivity contribution in [3.8, 4) is 0 Å². The van der Waals surface area contributed by atoms with Gasteiger partial charge in [0.15, 0.2) is 5.82 Å². The quantitative estimate of drug-likeness (QED) is 0.732. The number of rotatable bonds is 4. The lowest BCUT2D eigenvalue weighted by molar-refractivity contribution is 0.00481. The first kappa shape index (κ1) is 11.3. The topological polar surface area (TPSA) is 44.1 Å². The highest BCUT2D eigenvalue weighted by Gasteiger charge is 2.43. The van der Waals surface area contributed by atoms with Crippen molar-refractivity contribution in [3.63, 3.8) is 0 Å². The van der Waals surface area contributed by atoms with Gasteiger partial charge in [0.05, 0.1) is 0 Å². The van der Waals surface area contributed by atoms with E-state index in [9.17, 15) is 4.79 Å². The summed E-state index contributed by atoms with van der Waals surface area (Å²) < 4.78 is 7.36. The van der Waals surface area contributed by atoms with E-state index < -0.39 is 5.60 Å². The molecule has 1 heterocycles. The molecule has 4 nitrogen and oxygen atoms in total. The first-order chi connectivity index (χ1) is 7.73. The maximum atomic E-state index is 12.4. The normalized spacial score (nSPS) is 18.9. The molecule has 2 rings (SSSR count). The van der Waals surface area contributed by atoms with Crippen molar-refractivity contribution in [2.75, 3.05) is 7.11 Å². The van der Waals surface area contributed by atoms with E-state index >= 15 is 0 Å². The van der Waals surface area contributed by atoms with Crippen LogP contribution in [-0.4, -0.2) is 28.0 Å². The van der Waals surface area contributed by atoms with Gasteiger partial charge in [0.25, 0.3) is 0 Å². The number of carbonyl (C=O) groups is 1. The molecule has 0 bridgehead atoms. The smallest absolute Gasteiger partial charge is 0.229 e. The second-order valence-electron chi connectivity index (χ2n) is 4.27. The van der Waals surface area contributed by atoms with Crippen molar-refractivity contribution in [1.82, 2.24) is 9.55 Å². The van der Waals surface area contributed by atoms with Gasteiger partial charge in [-0.05, 0) is 32.6 Å². The number of ketones is 1. The Bertz CT molecular complexity index is 378. The standard InChI is InChI=1S/C12H18N2O2/c1-3-14-9-8-13-11(14)10(15)12(16-2)6-4-5-7-12/h8-9H,3-7H2,1-2H3. The largest absolute Gasteiger partial charge is 0.370 e. The van der Waals surface area contributed by atoms with Gasteiger partial charge < -0.3 is 9.30 Å². The van der Waals surface area contributed by atoms with Crippen molar-refractivity contribution < 1.29 is 9.53 Å². The van der Waals surface area contributed by atoms with Crippen LogP contribution in [0.4, 0.5) is 0 Å².